The van der Waals surface area contributed by atoms with E-state index in [0.29, 0.717) is 6.61 Å². The molecule has 0 bridgehead atoms. The summed E-state index contributed by atoms with van der Waals surface area (Å²) in [5, 5.41) is 0. The molecule has 0 aliphatic carbocycles. The number of ether oxygens (including phenoxy) is 1. The summed E-state index contributed by atoms with van der Waals surface area (Å²) < 4.78 is 4.57. The summed E-state index contributed by atoms with van der Waals surface area (Å²) in [5.41, 5.74) is 4.02. The summed E-state index contributed by atoms with van der Waals surface area (Å²) in [4.78, 5) is 11.4. The summed E-state index contributed by atoms with van der Waals surface area (Å²) >= 11 is 3.26. The molecule has 16 heavy (non-hydrogen) atoms. The molecule has 4 heteroatoms. The Morgan fingerprint density at radius 1 is 1.44 bits per heavy atom. The number of carbonyl (C=O) groups excluding carboxylic acids is 1. The Kier molecular flexibility index (Phi) is 6.26. The fourth-order valence-electron chi connectivity index (χ4n) is 1.08. The summed E-state index contributed by atoms with van der Waals surface area (Å²) in [6.07, 6.45) is 0.871. The van der Waals surface area contributed by atoms with Crippen molar-refractivity contribution in [2.24, 2.45) is 0 Å². The van der Waals surface area contributed by atoms with Crippen LogP contribution in [0.15, 0.2) is 24.6 Å². The fraction of sp³-hybridized carbons (Fsp3) is 0.583. The summed E-state index contributed by atoms with van der Waals surface area (Å²) in [6, 6.07) is 1.02. The van der Waals surface area contributed by atoms with E-state index < -0.39 is 12.4 Å². The maximum Gasteiger partial charge on any atom is 0.322 e. The van der Waals surface area contributed by atoms with Crippen LogP contribution in [-0.2, 0) is 9.53 Å². The van der Waals surface area contributed by atoms with E-state index in [0.717, 1.165) is 12.5 Å². The van der Waals surface area contributed by atoms with Crippen molar-refractivity contribution in [3.05, 3.63) is 24.6 Å². The minimum Gasteiger partial charge on any atom is -0.465 e. The van der Waals surface area contributed by atoms with Crippen LogP contribution in [0.2, 0.25) is 12.6 Å². The molecule has 0 aromatic heterocycles. The zero-order chi connectivity index (χ0) is 12.8. The largest absolute Gasteiger partial charge is 0.465 e. The van der Waals surface area contributed by atoms with Gasteiger partial charge in [0.25, 0.3) is 0 Å². The van der Waals surface area contributed by atoms with E-state index in [1.54, 1.807) is 13.8 Å². The van der Waals surface area contributed by atoms with E-state index in [1.807, 2.05) is 11.4 Å². The Labute approximate surface area is 108 Å². The third-order valence-electron chi connectivity index (χ3n) is 2.51. The summed E-state index contributed by atoms with van der Waals surface area (Å²) in [6.45, 7) is 13.9. The maximum atomic E-state index is 11.4. The van der Waals surface area contributed by atoms with Crippen LogP contribution in [-0.4, -0.2) is 25.0 Å². The Bertz CT molecular complexity index is 261. The van der Waals surface area contributed by atoms with Crippen molar-refractivity contribution in [1.82, 2.24) is 0 Å². The number of rotatable bonds is 7. The maximum absolute atomic E-state index is 11.4. The minimum absolute atomic E-state index is 0.215. The van der Waals surface area contributed by atoms with Gasteiger partial charge in [0.2, 0.25) is 0 Å². The first kappa shape index (κ1) is 15.6. The predicted molar refractivity (Wildman–Crippen MR) is 75.4 cm³/mol. The molecule has 92 valence electrons. The van der Waals surface area contributed by atoms with Gasteiger partial charge in [-0.1, -0.05) is 33.9 Å². The number of halogens is 1. The second kappa shape index (κ2) is 6.40. The van der Waals surface area contributed by atoms with Crippen LogP contribution in [0.3, 0.4) is 0 Å². The van der Waals surface area contributed by atoms with Crippen molar-refractivity contribution in [3.8, 4) is 0 Å². The van der Waals surface area contributed by atoms with Crippen LogP contribution in [0.4, 0.5) is 0 Å². The molecule has 0 aliphatic rings. The van der Waals surface area contributed by atoms with Crippen molar-refractivity contribution >= 4 is 30.0 Å². The topological polar surface area (TPSA) is 26.3 Å². The summed E-state index contributed by atoms with van der Waals surface area (Å²) in [7, 11) is -1.49. The van der Waals surface area contributed by atoms with E-state index >= 15 is 0 Å². The van der Waals surface area contributed by atoms with Crippen molar-refractivity contribution < 1.29 is 9.53 Å². The molecule has 0 amide bonds. The Morgan fingerprint density at radius 3 is 2.31 bits per heavy atom. The first-order valence-corrected chi connectivity index (χ1v) is 9.04. The van der Waals surface area contributed by atoms with Gasteiger partial charge in [-0.05, 0) is 26.3 Å². The zero-order valence-electron chi connectivity index (χ0n) is 10.4. The molecule has 0 N–H and O–H groups in total. The molecule has 0 aromatic rings. The van der Waals surface area contributed by atoms with E-state index in [4.69, 9.17) is 4.74 Å². The number of esters is 1. The molecule has 0 aliphatic heterocycles. The number of alkyl halides is 1. The van der Waals surface area contributed by atoms with Crippen LogP contribution in [0.5, 0.6) is 0 Å². The minimum atomic E-state index is -1.49. The Morgan fingerprint density at radius 2 is 1.94 bits per heavy atom. The van der Waals surface area contributed by atoms with Gasteiger partial charge in [-0.15, -0.1) is 13.2 Å². The summed E-state index contributed by atoms with van der Waals surface area (Å²) in [5.74, 6) is -0.215. The van der Waals surface area contributed by atoms with Gasteiger partial charge in [-0.25, -0.2) is 0 Å². The lowest BCUT2D eigenvalue weighted by molar-refractivity contribution is -0.145. The second-order valence-electron chi connectivity index (χ2n) is 4.63. The van der Waals surface area contributed by atoms with Crippen LogP contribution < -0.4 is 0 Å². The predicted octanol–water partition coefficient (Wildman–Crippen LogP) is 3.62. The Hall–Kier alpha value is -0.353. The van der Waals surface area contributed by atoms with Gasteiger partial charge in [-0.3, -0.25) is 4.79 Å². The third kappa shape index (κ3) is 5.65. The van der Waals surface area contributed by atoms with Gasteiger partial charge >= 0.3 is 5.97 Å². The molecule has 0 radical (unpaired) electrons. The molecule has 0 saturated carbocycles. The van der Waals surface area contributed by atoms with E-state index in [9.17, 15) is 4.79 Å². The fourth-order valence-corrected chi connectivity index (χ4v) is 2.67. The smallest absolute Gasteiger partial charge is 0.322 e. The van der Waals surface area contributed by atoms with Gasteiger partial charge in [-0.2, -0.15) is 0 Å². The van der Waals surface area contributed by atoms with Crippen LogP contribution in [0.1, 0.15) is 20.3 Å². The molecule has 0 saturated heterocycles. The SMILES string of the molecule is C=C[Si](C)(C=C)CCCOC(=O)C(C)(C)Br. The highest BCUT2D eigenvalue weighted by Crippen LogP contribution is 2.19. The molecule has 0 rings (SSSR count). The van der Waals surface area contributed by atoms with Crippen LogP contribution >= 0.6 is 15.9 Å². The monoisotopic (exact) mass is 304 g/mol. The van der Waals surface area contributed by atoms with Crippen molar-refractivity contribution in [3.63, 3.8) is 0 Å². The lowest BCUT2D eigenvalue weighted by atomic mass is 10.2. The average Bonchev–Trinajstić information content (AvgIpc) is 2.22. The second-order valence-corrected chi connectivity index (χ2v) is 10.9. The normalized spacial score (nSPS) is 12.0. The lowest BCUT2D eigenvalue weighted by Gasteiger charge is -2.19. The third-order valence-corrected chi connectivity index (χ3v) is 6.13. The highest BCUT2D eigenvalue weighted by atomic mass is 79.9. The van der Waals surface area contributed by atoms with Gasteiger partial charge in [0.15, 0.2) is 0 Å². The van der Waals surface area contributed by atoms with E-state index in [-0.39, 0.29) is 5.97 Å². The standard InChI is InChI=1S/C12H21BrO2Si/c1-6-16(5,7-2)10-8-9-15-11(14)12(3,4)13/h6-7H,1-2,8-10H2,3-5H3. The van der Waals surface area contributed by atoms with Gasteiger partial charge in [0.1, 0.15) is 4.32 Å². The van der Waals surface area contributed by atoms with Gasteiger partial charge in [0.05, 0.1) is 14.7 Å². The average molecular weight is 305 g/mol. The molecular formula is C12H21BrO2Si. The van der Waals surface area contributed by atoms with E-state index in [1.165, 1.54) is 0 Å². The van der Waals surface area contributed by atoms with Gasteiger partial charge < -0.3 is 4.74 Å². The number of carbonyl (C=O) groups is 1. The molecule has 0 aromatic carbocycles. The Balaban J connectivity index is 3.89. The van der Waals surface area contributed by atoms with Gasteiger partial charge in [0, 0.05) is 0 Å². The first-order chi connectivity index (χ1) is 7.25. The molecule has 2 nitrogen and oxygen atoms in total. The molecule has 0 spiro atoms. The molecule has 0 unspecified atom stereocenters. The first-order valence-electron chi connectivity index (χ1n) is 5.38. The van der Waals surface area contributed by atoms with Crippen LogP contribution in [0.25, 0.3) is 0 Å². The van der Waals surface area contributed by atoms with Crippen molar-refractivity contribution in [2.45, 2.75) is 37.2 Å². The molecule has 0 fully saturated rings. The highest BCUT2D eigenvalue weighted by molar-refractivity contribution is 9.10. The zero-order valence-corrected chi connectivity index (χ0v) is 13.0. The molecule has 0 atom stereocenters. The quantitative estimate of drug-likeness (QED) is 0.311. The van der Waals surface area contributed by atoms with Crippen LogP contribution in [0, 0.1) is 0 Å². The number of hydrogen-bond acceptors (Lipinski definition) is 2. The molecular weight excluding hydrogens is 284 g/mol. The molecule has 0 heterocycles. The number of hydrogen-bond donors (Lipinski definition) is 0. The van der Waals surface area contributed by atoms with Crippen molar-refractivity contribution in [2.75, 3.05) is 6.61 Å². The van der Waals surface area contributed by atoms with E-state index in [2.05, 4.69) is 35.6 Å². The highest BCUT2D eigenvalue weighted by Gasteiger charge is 2.25. The van der Waals surface area contributed by atoms with Crippen molar-refractivity contribution in [1.29, 1.82) is 0 Å². The lowest BCUT2D eigenvalue weighted by Crippen LogP contribution is -2.28.